The Morgan fingerprint density at radius 3 is 2.56 bits per heavy atom. The Balaban J connectivity index is 1.61. The maximum absolute atomic E-state index is 12.5. The number of benzene rings is 2. The van der Waals surface area contributed by atoms with Gasteiger partial charge in [0.25, 0.3) is 0 Å². The zero-order chi connectivity index (χ0) is 23.3. The molecule has 1 N–H and O–H groups in total. The second-order valence-electron chi connectivity index (χ2n) is 8.23. The van der Waals surface area contributed by atoms with Crippen LogP contribution in [0.25, 0.3) is 0 Å². The Labute approximate surface area is 195 Å². The monoisotopic (exact) mass is 479 g/mol. The van der Waals surface area contributed by atoms with Crippen molar-refractivity contribution in [1.29, 1.82) is 0 Å². The van der Waals surface area contributed by atoms with E-state index in [2.05, 4.69) is 29.3 Å². The number of rotatable bonds is 8. The molecule has 0 spiro atoms. The smallest absolute Gasteiger partial charge is 0.241 e. The van der Waals surface area contributed by atoms with Gasteiger partial charge < -0.3 is 15.0 Å². The Kier molecular flexibility index (Phi) is 7.90. The number of methoxy groups -OCH3 is 1. The fourth-order valence-corrected chi connectivity index (χ4v) is 4.95. The van der Waals surface area contributed by atoms with Crippen LogP contribution in [0.4, 0.5) is 11.4 Å². The zero-order valence-electron chi connectivity index (χ0n) is 18.7. The van der Waals surface area contributed by atoms with Gasteiger partial charge >= 0.3 is 0 Å². The van der Waals surface area contributed by atoms with Gasteiger partial charge in [-0.1, -0.05) is 30.7 Å². The Morgan fingerprint density at radius 1 is 1.25 bits per heavy atom. The van der Waals surface area contributed by atoms with Gasteiger partial charge in [-0.2, -0.15) is 0 Å². The molecule has 9 heteroatoms. The molecule has 2 aromatic rings. The minimum atomic E-state index is -3.69. The maximum Gasteiger partial charge on any atom is 0.241 e. The number of sulfonamides is 1. The van der Waals surface area contributed by atoms with Crippen LogP contribution < -0.4 is 19.3 Å². The molecule has 1 aliphatic heterocycles. The van der Waals surface area contributed by atoms with E-state index in [1.165, 1.54) is 31.7 Å². The van der Waals surface area contributed by atoms with Crippen LogP contribution in [-0.4, -0.2) is 47.3 Å². The second-order valence-corrected chi connectivity index (χ2v) is 10.5. The van der Waals surface area contributed by atoms with Crippen LogP contribution in [0.1, 0.15) is 25.3 Å². The van der Waals surface area contributed by atoms with Crippen LogP contribution in [0.15, 0.2) is 42.5 Å². The van der Waals surface area contributed by atoms with E-state index in [0.717, 1.165) is 29.2 Å². The third-order valence-electron chi connectivity index (χ3n) is 5.56. The minimum Gasteiger partial charge on any atom is -0.495 e. The number of hydrogen-bond donors (Lipinski definition) is 1. The lowest BCUT2D eigenvalue weighted by Gasteiger charge is -2.32. The second kappa shape index (κ2) is 10.4. The average molecular weight is 480 g/mol. The number of carbonyl (C=O) groups is 1. The van der Waals surface area contributed by atoms with E-state index in [9.17, 15) is 13.2 Å². The highest BCUT2D eigenvalue weighted by Gasteiger charge is 2.22. The molecule has 1 unspecified atom stereocenters. The summed E-state index contributed by atoms with van der Waals surface area (Å²) in [6, 6.07) is 12.7. The van der Waals surface area contributed by atoms with Crippen LogP contribution >= 0.6 is 11.6 Å². The summed E-state index contributed by atoms with van der Waals surface area (Å²) < 4.78 is 30.7. The number of halogens is 1. The molecule has 2 aromatic carbocycles. The highest BCUT2D eigenvalue weighted by molar-refractivity contribution is 7.92. The highest BCUT2D eigenvalue weighted by Crippen LogP contribution is 2.30. The third-order valence-corrected chi connectivity index (χ3v) is 7.00. The SMILES string of the molecule is COc1ccc(N(CC(=O)NCc2ccc(N3CCCC(C)C3)cc2)S(C)(=O)=O)cc1Cl. The normalized spacial score (nSPS) is 16.5. The maximum atomic E-state index is 12.5. The first-order chi connectivity index (χ1) is 15.2. The van der Waals surface area contributed by atoms with Crippen molar-refractivity contribution < 1.29 is 17.9 Å². The van der Waals surface area contributed by atoms with Crippen LogP contribution in [0.2, 0.25) is 5.02 Å². The number of ether oxygens (including phenoxy) is 1. The lowest BCUT2D eigenvalue weighted by Crippen LogP contribution is -2.40. The Morgan fingerprint density at radius 2 is 1.97 bits per heavy atom. The molecule has 1 aliphatic rings. The van der Waals surface area contributed by atoms with E-state index in [1.807, 2.05) is 12.1 Å². The molecular weight excluding hydrogens is 450 g/mol. The Hall–Kier alpha value is -2.45. The van der Waals surface area contributed by atoms with Crippen molar-refractivity contribution in [3.63, 3.8) is 0 Å². The van der Waals surface area contributed by atoms with Gasteiger partial charge in [0.15, 0.2) is 0 Å². The number of anilines is 2. The highest BCUT2D eigenvalue weighted by atomic mass is 35.5. The molecule has 0 aromatic heterocycles. The molecule has 174 valence electrons. The van der Waals surface area contributed by atoms with Crippen molar-refractivity contribution in [2.24, 2.45) is 5.92 Å². The van der Waals surface area contributed by atoms with Gasteiger partial charge in [-0.25, -0.2) is 8.42 Å². The van der Waals surface area contributed by atoms with Crippen LogP contribution in [0, 0.1) is 5.92 Å². The molecule has 0 radical (unpaired) electrons. The molecule has 1 saturated heterocycles. The molecule has 1 atom stereocenters. The molecule has 0 aliphatic carbocycles. The molecule has 1 heterocycles. The molecule has 3 rings (SSSR count). The fourth-order valence-electron chi connectivity index (χ4n) is 3.85. The van der Waals surface area contributed by atoms with Crippen molar-refractivity contribution in [1.82, 2.24) is 5.32 Å². The van der Waals surface area contributed by atoms with Crippen molar-refractivity contribution in [3.05, 3.63) is 53.1 Å². The zero-order valence-corrected chi connectivity index (χ0v) is 20.2. The van der Waals surface area contributed by atoms with Gasteiger partial charge in [0, 0.05) is 25.3 Å². The number of carbonyl (C=O) groups excluding carboxylic acids is 1. The predicted molar refractivity (Wildman–Crippen MR) is 129 cm³/mol. The van der Waals surface area contributed by atoms with Crippen molar-refractivity contribution >= 4 is 38.9 Å². The van der Waals surface area contributed by atoms with Crippen molar-refractivity contribution in [2.75, 3.05) is 42.2 Å². The van der Waals surface area contributed by atoms with Gasteiger partial charge in [0.1, 0.15) is 12.3 Å². The molecule has 0 saturated carbocycles. The summed E-state index contributed by atoms with van der Waals surface area (Å²) in [5.74, 6) is 0.716. The summed E-state index contributed by atoms with van der Waals surface area (Å²) in [6.07, 6.45) is 3.53. The summed E-state index contributed by atoms with van der Waals surface area (Å²) in [4.78, 5) is 14.9. The van der Waals surface area contributed by atoms with E-state index in [4.69, 9.17) is 16.3 Å². The fraction of sp³-hybridized carbons (Fsp3) is 0.435. The largest absolute Gasteiger partial charge is 0.495 e. The van der Waals surface area contributed by atoms with E-state index < -0.39 is 15.9 Å². The number of nitrogens with zero attached hydrogens (tertiary/aromatic N) is 2. The number of amides is 1. The summed E-state index contributed by atoms with van der Waals surface area (Å²) >= 11 is 6.13. The number of piperidine rings is 1. The molecule has 1 fully saturated rings. The minimum absolute atomic E-state index is 0.266. The van der Waals surface area contributed by atoms with E-state index >= 15 is 0 Å². The lowest BCUT2D eigenvalue weighted by molar-refractivity contribution is -0.119. The molecule has 7 nitrogen and oxygen atoms in total. The third kappa shape index (κ3) is 6.29. The summed E-state index contributed by atoms with van der Waals surface area (Å²) in [5.41, 5.74) is 2.44. The summed E-state index contributed by atoms with van der Waals surface area (Å²) in [7, 11) is -2.21. The predicted octanol–water partition coefficient (Wildman–Crippen LogP) is 3.67. The quantitative estimate of drug-likeness (QED) is 0.625. The van der Waals surface area contributed by atoms with Gasteiger partial charge in [0.2, 0.25) is 15.9 Å². The van der Waals surface area contributed by atoms with E-state index in [1.54, 1.807) is 12.1 Å². The lowest BCUT2D eigenvalue weighted by atomic mass is 9.99. The molecule has 32 heavy (non-hydrogen) atoms. The summed E-state index contributed by atoms with van der Waals surface area (Å²) in [6.45, 7) is 4.38. The van der Waals surface area contributed by atoms with Crippen LogP contribution in [0.5, 0.6) is 5.75 Å². The Bertz CT molecular complexity index is 1040. The summed E-state index contributed by atoms with van der Waals surface area (Å²) in [5, 5.41) is 3.06. The van der Waals surface area contributed by atoms with Crippen LogP contribution in [-0.2, 0) is 21.4 Å². The average Bonchev–Trinajstić information content (AvgIpc) is 2.75. The topological polar surface area (TPSA) is 79.0 Å². The molecular formula is C23H30ClN3O4S. The van der Waals surface area contributed by atoms with Crippen molar-refractivity contribution in [2.45, 2.75) is 26.3 Å². The first-order valence-electron chi connectivity index (χ1n) is 10.6. The van der Waals surface area contributed by atoms with E-state index in [-0.39, 0.29) is 11.6 Å². The van der Waals surface area contributed by atoms with Crippen molar-refractivity contribution in [3.8, 4) is 5.75 Å². The number of nitrogens with one attached hydrogen (secondary N) is 1. The molecule has 1 amide bonds. The first-order valence-corrected chi connectivity index (χ1v) is 12.8. The molecule has 0 bridgehead atoms. The van der Waals surface area contributed by atoms with Gasteiger partial charge in [-0.15, -0.1) is 0 Å². The number of hydrogen-bond acceptors (Lipinski definition) is 5. The first kappa shape index (κ1) is 24.2. The van der Waals surface area contributed by atoms with Gasteiger partial charge in [-0.3, -0.25) is 9.10 Å². The van der Waals surface area contributed by atoms with Gasteiger partial charge in [-0.05, 0) is 54.7 Å². The van der Waals surface area contributed by atoms with Crippen LogP contribution in [0.3, 0.4) is 0 Å². The standard InChI is InChI=1S/C23H30ClN3O4S/c1-17-5-4-12-26(15-17)19-8-6-18(7-9-19)14-25-23(28)16-27(32(3,29)30)20-10-11-22(31-2)21(24)13-20/h6-11,13,17H,4-5,12,14-16H2,1-3H3,(H,25,28). The van der Waals surface area contributed by atoms with Gasteiger partial charge in [0.05, 0.1) is 24.1 Å². The van der Waals surface area contributed by atoms with E-state index in [0.29, 0.717) is 23.9 Å².